The lowest BCUT2D eigenvalue weighted by Crippen LogP contribution is -2.42. The van der Waals surface area contributed by atoms with Crippen LogP contribution in [0, 0.1) is 0 Å². The van der Waals surface area contributed by atoms with E-state index in [0.29, 0.717) is 4.73 Å². The van der Waals surface area contributed by atoms with E-state index in [9.17, 15) is 14.4 Å². The molecular formula is C11H7N5O4. The van der Waals surface area contributed by atoms with Crippen LogP contribution in [0.4, 0.5) is 0 Å². The molecule has 0 atom stereocenters. The number of imidazole rings is 1. The quantitative estimate of drug-likeness (QED) is 0.622. The molecule has 3 aromatic heterocycles. The molecule has 0 fully saturated rings. The first-order chi connectivity index (χ1) is 9.66. The topological polar surface area (TPSA) is 123 Å². The maximum absolute atomic E-state index is 12.0. The van der Waals surface area contributed by atoms with Crippen molar-refractivity contribution in [3.05, 3.63) is 57.3 Å². The zero-order valence-corrected chi connectivity index (χ0v) is 9.86. The largest absolute Gasteiger partial charge is 0.365 e. The van der Waals surface area contributed by atoms with E-state index in [4.69, 9.17) is 4.84 Å². The van der Waals surface area contributed by atoms with Crippen LogP contribution < -0.4 is 16.1 Å². The van der Waals surface area contributed by atoms with Gasteiger partial charge in [0.05, 0.1) is 11.9 Å². The summed E-state index contributed by atoms with van der Waals surface area (Å²) >= 11 is 0. The lowest BCUT2D eigenvalue weighted by molar-refractivity contribution is 0.0421. The highest BCUT2D eigenvalue weighted by atomic mass is 16.7. The molecule has 0 spiro atoms. The third kappa shape index (κ3) is 1.86. The summed E-state index contributed by atoms with van der Waals surface area (Å²) in [7, 11) is 0. The summed E-state index contributed by atoms with van der Waals surface area (Å²) in [6, 6.07) is 2.98. The van der Waals surface area contributed by atoms with Crippen molar-refractivity contribution in [3.63, 3.8) is 0 Å². The van der Waals surface area contributed by atoms with Crippen LogP contribution in [0.3, 0.4) is 0 Å². The lowest BCUT2D eigenvalue weighted by Gasteiger charge is -2.04. The number of H-pyrrole nitrogens is 2. The maximum Gasteiger partial charge on any atom is 0.365 e. The van der Waals surface area contributed by atoms with Gasteiger partial charge < -0.3 is 9.82 Å². The minimum Gasteiger partial charge on any atom is -0.339 e. The molecule has 0 aromatic carbocycles. The fourth-order valence-electron chi connectivity index (χ4n) is 1.60. The second-order valence-electron chi connectivity index (χ2n) is 3.78. The molecule has 0 aliphatic heterocycles. The number of nitrogens with zero attached hydrogens (tertiary/aromatic N) is 3. The summed E-state index contributed by atoms with van der Waals surface area (Å²) in [5, 5.41) is 0. The lowest BCUT2D eigenvalue weighted by atomic mass is 10.3. The highest BCUT2D eigenvalue weighted by Crippen LogP contribution is 1.97. The molecule has 100 valence electrons. The van der Waals surface area contributed by atoms with Crippen molar-refractivity contribution in [1.29, 1.82) is 0 Å². The molecule has 3 aromatic rings. The van der Waals surface area contributed by atoms with Gasteiger partial charge in [0, 0.05) is 12.4 Å². The molecule has 0 saturated heterocycles. The Labute approximate surface area is 109 Å². The van der Waals surface area contributed by atoms with E-state index >= 15 is 0 Å². The van der Waals surface area contributed by atoms with Gasteiger partial charge in [0.15, 0.2) is 11.2 Å². The van der Waals surface area contributed by atoms with Crippen molar-refractivity contribution >= 4 is 17.1 Å². The Morgan fingerprint density at radius 3 is 2.95 bits per heavy atom. The Hall–Kier alpha value is -3.23. The number of hydrogen-bond donors (Lipinski definition) is 2. The number of aromatic amines is 2. The number of rotatable bonds is 2. The Morgan fingerprint density at radius 1 is 1.35 bits per heavy atom. The molecule has 0 aliphatic rings. The van der Waals surface area contributed by atoms with Gasteiger partial charge in [-0.05, 0) is 12.1 Å². The van der Waals surface area contributed by atoms with E-state index in [0.717, 1.165) is 0 Å². The van der Waals surface area contributed by atoms with E-state index in [1.165, 1.54) is 30.9 Å². The average Bonchev–Trinajstić information content (AvgIpc) is 2.92. The van der Waals surface area contributed by atoms with Gasteiger partial charge in [-0.25, -0.2) is 14.6 Å². The zero-order valence-electron chi connectivity index (χ0n) is 9.86. The first kappa shape index (κ1) is 11.8. The van der Waals surface area contributed by atoms with Crippen LogP contribution in [0.1, 0.15) is 10.4 Å². The highest BCUT2D eigenvalue weighted by Gasteiger charge is 2.15. The molecule has 0 radical (unpaired) electrons. The molecule has 9 heteroatoms. The summed E-state index contributed by atoms with van der Waals surface area (Å²) in [4.78, 5) is 52.5. The predicted molar refractivity (Wildman–Crippen MR) is 66.1 cm³/mol. The van der Waals surface area contributed by atoms with Gasteiger partial charge in [-0.15, -0.1) is 0 Å². The fraction of sp³-hybridized carbons (Fsp3) is 0. The van der Waals surface area contributed by atoms with Crippen LogP contribution in [0.5, 0.6) is 0 Å². The van der Waals surface area contributed by atoms with Gasteiger partial charge in [-0.3, -0.25) is 14.8 Å². The standard InChI is InChI=1S/C11H7N5O4/c17-9-7-8(14-5-13-7)15-11(19)16(9)20-10(18)6-2-1-3-12-4-6/h1-5H,(H,13,14)(H,15,19). The third-order valence-corrected chi connectivity index (χ3v) is 2.52. The van der Waals surface area contributed by atoms with Gasteiger partial charge in [0.25, 0.3) is 0 Å². The predicted octanol–water partition coefficient (Wildman–Crippen LogP) is -0.923. The van der Waals surface area contributed by atoms with Crippen molar-refractivity contribution < 1.29 is 9.63 Å². The number of carbonyl (C=O) groups excluding carboxylic acids is 1. The van der Waals surface area contributed by atoms with E-state index < -0.39 is 17.2 Å². The number of carbonyl (C=O) groups is 1. The molecule has 0 bridgehead atoms. The van der Waals surface area contributed by atoms with Crippen LogP contribution >= 0.6 is 0 Å². The maximum atomic E-state index is 12.0. The Bertz CT molecular complexity index is 892. The SMILES string of the molecule is O=C(On1c(=O)[nH]c2nc[nH]c2c1=O)c1cccnc1. The second-order valence-corrected chi connectivity index (χ2v) is 3.78. The van der Waals surface area contributed by atoms with Crippen LogP contribution in [-0.4, -0.2) is 30.6 Å². The molecule has 0 unspecified atom stereocenters. The minimum atomic E-state index is -0.896. The second kappa shape index (κ2) is 4.46. The molecule has 20 heavy (non-hydrogen) atoms. The summed E-state index contributed by atoms with van der Waals surface area (Å²) < 4.78 is 0.329. The highest BCUT2D eigenvalue weighted by molar-refractivity contribution is 5.89. The van der Waals surface area contributed by atoms with Crippen LogP contribution in [0.15, 0.2) is 40.4 Å². The van der Waals surface area contributed by atoms with Crippen molar-refractivity contribution in [1.82, 2.24) is 24.7 Å². The average molecular weight is 273 g/mol. The van der Waals surface area contributed by atoms with Crippen molar-refractivity contribution in [2.45, 2.75) is 0 Å². The Morgan fingerprint density at radius 2 is 2.20 bits per heavy atom. The van der Waals surface area contributed by atoms with Gasteiger partial charge in [0.2, 0.25) is 0 Å². The van der Waals surface area contributed by atoms with E-state index in [1.807, 2.05) is 0 Å². The molecule has 0 saturated carbocycles. The van der Waals surface area contributed by atoms with Crippen molar-refractivity contribution in [3.8, 4) is 0 Å². The monoisotopic (exact) mass is 273 g/mol. The molecule has 3 rings (SSSR count). The van der Waals surface area contributed by atoms with Crippen LogP contribution in [0.2, 0.25) is 0 Å². The van der Waals surface area contributed by atoms with E-state index in [-0.39, 0.29) is 16.7 Å². The fourth-order valence-corrected chi connectivity index (χ4v) is 1.60. The minimum absolute atomic E-state index is 0.0311. The van der Waals surface area contributed by atoms with E-state index in [1.54, 1.807) is 0 Å². The van der Waals surface area contributed by atoms with Crippen LogP contribution in [0.25, 0.3) is 11.2 Å². The molecule has 9 nitrogen and oxygen atoms in total. The van der Waals surface area contributed by atoms with Crippen molar-refractivity contribution in [2.75, 3.05) is 0 Å². The summed E-state index contributed by atoms with van der Waals surface area (Å²) in [5.41, 5.74) is -1.47. The van der Waals surface area contributed by atoms with Gasteiger partial charge >= 0.3 is 17.2 Å². The Balaban J connectivity index is 2.05. The van der Waals surface area contributed by atoms with Crippen LogP contribution in [-0.2, 0) is 0 Å². The number of fused-ring (bicyclic) bond motifs is 1. The van der Waals surface area contributed by atoms with Gasteiger partial charge in [0.1, 0.15) is 0 Å². The molecular weight excluding hydrogens is 266 g/mol. The normalized spacial score (nSPS) is 10.6. The van der Waals surface area contributed by atoms with Gasteiger partial charge in [-0.1, -0.05) is 4.73 Å². The summed E-state index contributed by atoms with van der Waals surface area (Å²) in [6.45, 7) is 0. The number of aromatic nitrogens is 5. The smallest absolute Gasteiger partial charge is 0.339 e. The molecule has 0 aliphatic carbocycles. The number of nitrogens with one attached hydrogen (secondary N) is 2. The Kier molecular flexibility index (Phi) is 2.64. The van der Waals surface area contributed by atoms with E-state index in [2.05, 4.69) is 19.9 Å². The van der Waals surface area contributed by atoms with Gasteiger partial charge in [-0.2, -0.15) is 0 Å². The summed E-state index contributed by atoms with van der Waals surface area (Å²) in [6.07, 6.45) is 3.98. The first-order valence-corrected chi connectivity index (χ1v) is 5.48. The first-order valence-electron chi connectivity index (χ1n) is 5.48. The molecule has 0 amide bonds. The molecule has 2 N–H and O–H groups in total. The summed E-state index contributed by atoms with van der Waals surface area (Å²) in [5.74, 6) is -0.871. The number of pyridine rings is 1. The number of hydrogen-bond acceptors (Lipinski definition) is 6. The van der Waals surface area contributed by atoms with Crippen molar-refractivity contribution in [2.24, 2.45) is 0 Å². The zero-order chi connectivity index (χ0) is 14.1. The third-order valence-electron chi connectivity index (χ3n) is 2.52. The molecule has 3 heterocycles.